The number of rotatable bonds is 6. The molecule has 0 aliphatic carbocycles. The van der Waals surface area contributed by atoms with Gasteiger partial charge in [0.15, 0.2) is 9.84 Å². The van der Waals surface area contributed by atoms with Gasteiger partial charge in [0.05, 0.1) is 5.75 Å². The minimum absolute atomic E-state index is 0.0559. The van der Waals surface area contributed by atoms with Gasteiger partial charge in [-0.2, -0.15) is 0 Å². The summed E-state index contributed by atoms with van der Waals surface area (Å²) in [5.41, 5.74) is 0. The van der Waals surface area contributed by atoms with Gasteiger partial charge in [0.2, 0.25) is 5.91 Å². The number of likely N-dealkylation sites (N-methyl/N-ethyl adjacent to an activating group) is 1. The zero-order valence-corrected chi connectivity index (χ0v) is 9.58. The van der Waals surface area contributed by atoms with Crippen LogP contribution in [0, 0.1) is 0 Å². The third-order valence-electron chi connectivity index (χ3n) is 1.66. The molecule has 0 radical (unpaired) electrons. The van der Waals surface area contributed by atoms with Crippen LogP contribution in [0.25, 0.3) is 0 Å². The molecule has 6 nitrogen and oxygen atoms in total. The maximum atomic E-state index is 11.3. The molecular formula is C8H15NO5S. The second-order valence-corrected chi connectivity index (χ2v) is 5.42. The van der Waals surface area contributed by atoms with Crippen molar-refractivity contribution in [1.29, 1.82) is 0 Å². The first-order chi connectivity index (χ1) is 6.78. The third-order valence-corrected chi connectivity index (χ3v) is 3.37. The number of carbonyl (C=O) groups is 2. The lowest BCUT2D eigenvalue weighted by atomic mass is 10.5. The molecule has 1 N–H and O–H groups in total. The van der Waals surface area contributed by atoms with Crippen molar-refractivity contribution in [3.05, 3.63) is 0 Å². The number of carboxylic acid groups (broad SMARTS) is 1. The van der Waals surface area contributed by atoms with Crippen LogP contribution in [0.4, 0.5) is 0 Å². The lowest BCUT2D eigenvalue weighted by molar-refractivity contribution is -0.142. The molecule has 7 heteroatoms. The normalized spacial score (nSPS) is 11.1. The van der Waals surface area contributed by atoms with Crippen LogP contribution in [0.2, 0.25) is 0 Å². The first kappa shape index (κ1) is 13.9. The molecule has 0 heterocycles. The van der Waals surface area contributed by atoms with Crippen molar-refractivity contribution >= 4 is 21.7 Å². The van der Waals surface area contributed by atoms with Gasteiger partial charge in [0, 0.05) is 7.05 Å². The van der Waals surface area contributed by atoms with Gasteiger partial charge in [-0.15, -0.1) is 0 Å². The predicted octanol–water partition coefficient (Wildman–Crippen LogP) is -0.646. The van der Waals surface area contributed by atoms with E-state index in [1.165, 1.54) is 7.05 Å². The highest BCUT2D eigenvalue weighted by molar-refractivity contribution is 7.92. The van der Waals surface area contributed by atoms with Crippen LogP contribution in [0.15, 0.2) is 0 Å². The fourth-order valence-electron chi connectivity index (χ4n) is 0.973. The molecule has 1 amide bonds. The second kappa shape index (κ2) is 5.69. The van der Waals surface area contributed by atoms with Crippen LogP contribution >= 0.6 is 0 Å². The van der Waals surface area contributed by atoms with E-state index in [1.807, 2.05) is 0 Å². The van der Waals surface area contributed by atoms with Crippen LogP contribution < -0.4 is 0 Å². The molecule has 0 aliphatic heterocycles. The van der Waals surface area contributed by atoms with E-state index in [0.717, 1.165) is 4.90 Å². The molecular weight excluding hydrogens is 222 g/mol. The molecule has 0 bridgehead atoms. The summed E-state index contributed by atoms with van der Waals surface area (Å²) in [5, 5.41) is 8.39. The Kier molecular flexibility index (Phi) is 5.27. The number of sulfone groups is 1. The molecule has 0 fully saturated rings. The predicted molar refractivity (Wildman–Crippen MR) is 54.2 cm³/mol. The van der Waals surface area contributed by atoms with Crippen LogP contribution in [0.1, 0.15) is 13.3 Å². The molecule has 0 aromatic heterocycles. The van der Waals surface area contributed by atoms with E-state index >= 15 is 0 Å². The minimum atomic E-state index is -3.40. The van der Waals surface area contributed by atoms with Crippen molar-refractivity contribution in [2.24, 2.45) is 0 Å². The molecule has 0 aromatic carbocycles. The highest BCUT2D eigenvalue weighted by Crippen LogP contribution is 1.96. The molecule has 0 unspecified atom stereocenters. The molecule has 0 atom stereocenters. The standard InChI is InChI=1S/C8H15NO5S/c1-3-4-15(13,14)6-7(10)9(2)5-8(11)12/h3-6H2,1-2H3,(H,11,12). The quantitative estimate of drug-likeness (QED) is 0.663. The van der Waals surface area contributed by atoms with Crippen molar-refractivity contribution in [3.8, 4) is 0 Å². The van der Waals surface area contributed by atoms with Crippen molar-refractivity contribution in [3.63, 3.8) is 0 Å². The average Bonchev–Trinajstić information content (AvgIpc) is 2.01. The summed E-state index contributed by atoms with van der Waals surface area (Å²) in [6.45, 7) is 1.21. The van der Waals surface area contributed by atoms with Gasteiger partial charge in [-0.3, -0.25) is 9.59 Å². The van der Waals surface area contributed by atoms with Crippen molar-refractivity contribution < 1.29 is 23.1 Å². The van der Waals surface area contributed by atoms with Gasteiger partial charge in [0.1, 0.15) is 12.3 Å². The summed E-state index contributed by atoms with van der Waals surface area (Å²) in [6.07, 6.45) is 0.443. The maximum absolute atomic E-state index is 11.3. The first-order valence-electron chi connectivity index (χ1n) is 4.44. The Bertz CT molecular complexity index is 335. The highest BCUT2D eigenvalue weighted by atomic mass is 32.2. The molecule has 15 heavy (non-hydrogen) atoms. The van der Waals surface area contributed by atoms with Gasteiger partial charge >= 0.3 is 5.97 Å². The zero-order chi connectivity index (χ0) is 12.1. The van der Waals surface area contributed by atoms with E-state index < -0.39 is 34.0 Å². The summed E-state index contributed by atoms with van der Waals surface area (Å²) in [5.74, 6) is -2.53. The van der Waals surface area contributed by atoms with E-state index in [-0.39, 0.29) is 5.75 Å². The zero-order valence-electron chi connectivity index (χ0n) is 8.76. The summed E-state index contributed by atoms with van der Waals surface area (Å²) in [4.78, 5) is 22.4. The molecule has 0 spiro atoms. The number of amides is 1. The summed E-state index contributed by atoms with van der Waals surface area (Å²) in [6, 6.07) is 0. The molecule has 0 aromatic rings. The van der Waals surface area contributed by atoms with Gasteiger partial charge in [-0.1, -0.05) is 6.92 Å². The monoisotopic (exact) mass is 237 g/mol. The Labute approximate surface area is 88.8 Å². The average molecular weight is 237 g/mol. The largest absolute Gasteiger partial charge is 0.480 e. The second-order valence-electron chi connectivity index (χ2n) is 3.24. The van der Waals surface area contributed by atoms with Crippen LogP contribution in [0.3, 0.4) is 0 Å². The van der Waals surface area contributed by atoms with Crippen LogP contribution in [-0.2, 0) is 19.4 Å². The molecule has 88 valence electrons. The van der Waals surface area contributed by atoms with E-state index in [0.29, 0.717) is 6.42 Å². The van der Waals surface area contributed by atoms with Gasteiger partial charge in [0.25, 0.3) is 0 Å². The molecule has 0 rings (SSSR count). The Morgan fingerprint density at radius 2 is 1.87 bits per heavy atom. The molecule has 0 saturated carbocycles. The number of aliphatic carboxylic acids is 1. The van der Waals surface area contributed by atoms with Crippen LogP contribution in [0.5, 0.6) is 0 Å². The van der Waals surface area contributed by atoms with Gasteiger partial charge in [-0.25, -0.2) is 8.42 Å². The van der Waals surface area contributed by atoms with E-state index in [9.17, 15) is 18.0 Å². The smallest absolute Gasteiger partial charge is 0.323 e. The number of carbonyl (C=O) groups excluding carboxylic acids is 1. The maximum Gasteiger partial charge on any atom is 0.323 e. The number of carboxylic acids is 1. The van der Waals surface area contributed by atoms with E-state index in [2.05, 4.69) is 0 Å². The van der Waals surface area contributed by atoms with Crippen molar-refractivity contribution in [2.45, 2.75) is 13.3 Å². The number of hydrogen-bond donors (Lipinski definition) is 1. The van der Waals surface area contributed by atoms with Crippen molar-refractivity contribution in [1.82, 2.24) is 4.90 Å². The summed E-state index contributed by atoms with van der Waals surface area (Å²) in [7, 11) is -2.13. The van der Waals surface area contributed by atoms with E-state index in [4.69, 9.17) is 5.11 Å². The summed E-state index contributed by atoms with van der Waals surface area (Å²) < 4.78 is 22.5. The Balaban J connectivity index is 4.30. The number of nitrogens with zero attached hydrogens (tertiary/aromatic N) is 1. The van der Waals surface area contributed by atoms with Gasteiger partial charge < -0.3 is 10.0 Å². The van der Waals surface area contributed by atoms with E-state index in [1.54, 1.807) is 6.92 Å². The Morgan fingerprint density at radius 1 is 1.33 bits per heavy atom. The Hall–Kier alpha value is -1.11. The topological polar surface area (TPSA) is 91.8 Å². The number of hydrogen-bond acceptors (Lipinski definition) is 4. The first-order valence-corrected chi connectivity index (χ1v) is 6.27. The van der Waals surface area contributed by atoms with Crippen LogP contribution in [-0.4, -0.2) is 55.4 Å². The minimum Gasteiger partial charge on any atom is -0.480 e. The Morgan fingerprint density at radius 3 is 2.27 bits per heavy atom. The fraction of sp³-hybridized carbons (Fsp3) is 0.750. The van der Waals surface area contributed by atoms with Crippen molar-refractivity contribution in [2.75, 3.05) is 25.1 Å². The highest BCUT2D eigenvalue weighted by Gasteiger charge is 2.19. The lowest BCUT2D eigenvalue weighted by Crippen LogP contribution is -2.36. The molecule has 0 saturated heterocycles. The fourth-order valence-corrected chi connectivity index (χ4v) is 2.34. The SMILES string of the molecule is CCCS(=O)(=O)CC(=O)N(C)CC(=O)O. The third kappa shape index (κ3) is 6.05. The van der Waals surface area contributed by atoms with Gasteiger partial charge in [-0.05, 0) is 6.42 Å². The molecule has 0 aliphatic rings. The lowest BCUT2D eigenvalue weighted by Gasteiger charge is -2.14. The summed E-state index contributed by atoms with van der Waals surface area (Å²) >= 11 is 0.